The standard InChI is InChI=1S/C4H8F.2Rf/c1-3-4(2)5;;/h3H2,1-2H3;;/q-1;;. The van der Waals surface area contributed by atoms with Crippen molar-refractivity contribution in [2.45, 2.75) is 20.3 Å². The molecule has 0 aromatic rings. The third-order valence-electron chi connectivity index (χ3n) is 0.487. The Morgan fingerprint density at radius 1 is 1.43 bits per heavy atom. The summed E-state index contributed by atoms with van der Waals surface area (Å²) in [6.07, 6.45) is 0.560. The van der Waals surface area contributed by atoms with Crippen LogP contribution in [-0.2, 0) is 0 Å². The molecule has 0 rings (SSSR count). The largest absolute Gasteiger partial charge is 0.456 e. The van der Waals surface area contributed by atoms with E-state index < -0.39 is 0 Å². The molecule has 0 fully saturated rings. The number of hydrogen-bond donors (Lipinski definition) is 0. The van der Waals surface area contributed by atoms with E-state index in [0.29, 0.717) is 6.42 Å². The maximum atomic E-state index is 11.3. The maximum absolute atomic E-state index is 11.3. The topological polar surface area (TPSA) is 0 Å². The summed E-state index contributed by atoms with van der Waals surface area (Å²) in [5, 5.41) is 0. The van der Waals surface area contributed by atoms with Gasteiger partial charge in [0.1, 0.15) is 0 Å². The summed E-state index contributed by atoms with van der Waals surface area (Å²) in [5.41, 5.74) is 0. The van der Waals surface area contributed by atoms with Gasteiger partial charge in [0.05, 0.1) is 0 Å². The zero-order chi connectivity index (χ0) is 4.28. The molecule has 0 nitrogen and oxygen atoms in total. The molecule has 3 heteroatoms. The Hall–Kier alpha value is -2.07. The average molecular weight is 609 g/mol. The molecule has 0 aromatic heterocycles. The van der Waals surface area contributed by atoms with Crippen LogP contribution in [0.25, 0.3) is 0 Å². The third kappa shape index (κ3) is 2990. The van der Waals surface area contributed by atoms with E-state index in [9.17, 15) is 4.39 Å². The molecule has 0 unspecified atom stereocenters. The van der Waals surface area contributed by atoms with Gasteiger partial charge < -0.3 is 4.39 Å². The minimum Gasteiger partial charge on any atom is -0.456 e. The molecule has 0 spiro atoms. The zero-order valence-corrected chi connectivity index (χ0v) is 17.8. The van der Waals surface area contributed by atoms with Gasteiger partial charge in [-0.1, -0.05) is 6.92 Å². The summed E-state index contributed by atoms with van der Waals surface area (Å²) >= 11 is 0. The van der Waals surface area contributed by atoms with Crippen LogP contribution in [0.2, 0.25) is 0 Å². The Balaban J connectivity index is -0.0000000800. The second-order valence-corrected chi connectivity index (χ2v) is 1.03. The van der Waals surface area contributed by atoms with Crippen LogP contribution in [0.4, 0.5) is 4.39 Å². The van der Waals surface area contributed by atoms with E-state index >= 15 is 0 Å². The van der Waals surface area contributed by atoms with E-state index in [1.54, 1.807) is 6.92 Å². The molecule has 0 bridgehead atoms. The van der Waals surface area contributed by atoms with Crippen molar-refractivity contribution in [3.05, 3.63) is 6.17 Å². The van der Waals surface area contributed by atoms with Crippen LogP contribution in [-0.4, -0.2) is 0 Å². The van der Waals surface area contributed by atoms with Crippen molar-refractivity contribution in [2.75, 3.05) is 0 Å². The summed E-state index contributed by atoms with van der Waals surface area (Å²) < 4.78 is 11.3. The summed E-state index contributed by atoms with van der Waals surface area (Å²) in [5.74, 6) is 0. The molecule has 0 aromatic carbocycles. The molecule has 0 atom stereocenters. The quantitative estimate of drug-likeness (QED) is 0.399. The van der Waals surface area contributed by atoms with Gasteiger partial charge >= 0.3 is 0 Å². The van der Waals surface area contributed by atoms with Crippen molar-refractivity contribution in [3.8, 4) is 0 Å². The fraction of sp³-hybridized carbons (Fsp3) is 0.750. The minimum absolute atomic E-state index is 0. The first-order chi connectivity index (χ1) is 2.27. The molecular weight excluding hydrogens is 601 g/mol. The van der Waals surface area contributed by atoms with Gasteiger partial charge in [-0.05, 0) is 0 Å². The predicted molar refractivity (Wildman–Crippen MR) is 20.3 cm³/mol. The van der Waals surface area contributed by atoms with Gasteiger partial charge in [0.25, 0.3) is 0 Å². The molecule has 7 heavy (non-hydrogen) atoms. The van der Waals surface area contributed by atoms with Crippen LogP contribution in [0, 0.1) is 6.17 Å². The van der Waals surface area contributed by atoms with E-state index in [0.717, 1.165) is 0 Å². The first-order valence-electron chi connectivity index (χ1n) is 1.75. The first-order valence-corrected chi connectivity index (χ1v) is 1.75. The zero-order valence-electron chi connectivity index (χ0n) is 5.00. The van der Waals surface area contributed by atoms with Crippen molar-refractivity contribution in [1.82, 2.24) is 0 Å². The van der Waals surface area contributed by atoms with Crippen LogP contribution >= 0.6 is 0 Å². The minimum atomic E-state index is 0. The molecule has 0 amide bonds. The van der Waals surface area contributed by atoms with Crippen molar-refractivity contribution in [2.24, 2.45) is 0 Å². The molecule has 0 N–H and O–H groups in total. The monoisotopic (exact) mass is 609 g/mol. The van der Waals surface area contributed by atoms with Gasteiger partial charge in [-0.2, -0.15) is 19.5 Å². The number of hydrogen-bond acceptors (Lipinski definition) is 0. The molecule has 0 heterocycles. The maximum Gasteiger partial charge on any atom is 0 e. The van der Waals surface area contributed by atoms with Crippen LogP contribution in [0.15, 0.2) is 0 Å². The van der Waals surface area contributed by atoms with Crippen molar-refractivity contribution in [3.63, 3.8) is 0 Å². The smallest absolute Gasteiger partial charge is 0 e. The fourth-order valence-electron chi connectivity index (χ4n) is 0. The molecule has 0 radical (unpaired) electrons. The summed E-state index contributed by atoms with van der Waals surface area (Å²) in [7, 11) is 0. The Morgan fingerprint density at radius 2 is 1.57 bits per heavy atom. The Bertz CT molecular complexity index is 23.7. The molecule has 0 aliphatic heterocycles. The third-order valence-corrected chi connectivity index (χ3v) is 0.487. The van der Waals surface area contributed by atoms with Gasteiger partial charge in [-0.3, -0.25) is 0 Å². The van der Waals surface area contributed by atoms with E-state index in [1.165, 1.54) is 6.92 Å². The second kappa shape index (κ2) is 9.06. The summed E-state index contributed by atoms with van der Waals surface area (Å²) in [6, 6.07) is 0. The number of rotatable bonds is 1. The van der Waals surface area contributed by atoms with Crippen LogP contribution in [0.3, 0.4) is 0 Å². The Morgan fingerprint density at radius 3 is 1.57 bits per heavy atom. The Kier molecular flexibility index (Phi) is 26.5. The molecule has 0 aliphatic rings. The van der Waals surface area contributed by atoms with Crippen LogP contribution < -0.4 is 0 Å². The van der Waals surface area contributed by atoms with Gasteiger partial charge in [-0.25, -0.2) is 0 Å². The van der Waals surface area contributed by atoms with Crippen molar-refractivity contribution in [1.29, 1.82) is 0 Å². The molecule has 0 saturated heterocycles. The average Bonchev–Trinajstić information content (AvgIpc) is 1.38. The molecule has 0 saturated carbocycles. The van der Waals surface area contributed by atoms with Crippen molar-refractivity contribution < 1.29 is 4.39 Å². The first kappa shape index (κ1) is 20.4. The van der Waals surface area contributed by atoms with Crippen LogP contribution in [0.5, 0.6) is 0 Å². The van der Waals surface area contributed by atoms with Gasteiger partial charge in [0, 0.05) is 0 Å². The van der Waals surface area contributed by atoms with E-state index in [-0.39, 0.29) is 6.17 Å². The molecule has 0 aliphatic carbocycles. The molecular formula is C4H8FRf2-. The predicted octanol–water partition coefficient (Wildman–Crippen LogP) is 1.92. The van der Waals surface area contributed by atoms with Crippen LogP contribution in [0.1, 0.15) is 20.3 Å². The van der Waals surface area contributed by atoms with Gasteiger partial charge in [0.2, 0.25) is 0 Å². The van der Waals surface area contributed by atoms with E-state index in [4.69, 9.17) is 0 Å². The second-order valence-electron chi connectivity index (χ2n) is 1.03. The number of halogens is 1. The molecule has 36 valence electrons. The van der Waals surface area contributed by atoms with Gasteiger partial charge in [-0.15, -0.1) is 0 Å². The normalized spacial score (nSPS) is 6.86. The van der Waals surface area contributed by atoms with E-state index in [2.05, 4.69) is 0 Å². The summed E-state index contributed by atoms with van der Waals surface area (Å²) in [4.78, 5) is 0. The Labute approximate surface area is 32.0 Å². The van der Waals surface area contributed by atoms with Crippen molar-refractivity contribution >= 4 is 0 Å². The van der Waals surface area contributed by atoms with Gasteiger partial charge in [0.15, 0.2) is 0 Å². The SMILES string of the molecule is CC[C-](C)F.[Rf].[Rf]. The van der Waals surface area contributed by atoms with E-state index in [1.807, 2.05) is 0 Å². The fourth-order valence-corrected chi connectivity index (χ4v) is 0. The summed E-state index contributed by atoms with van der Waals surface area (Å²) in [6.45, 7) is 3.26.